The molecule has 2 aromatic heterocycles. The molecule has 2 aliphatic rings. The zero-order valence-corrected chi connectivity index (χ0v) is 28.2. The van der Waals surface area contributed by atoms with Crippen LogP contribution in [0.2, 0.25) is 0 Å². The SMILES string of the molecule is COc1cc2c(cc1O)/C(=N\NC(=O)OCCSSc1ccccn1)c1c-2n(CCCN2CCOCC2)c(=O)c2cc(C)c(C)cc12. The van der Waals surface area contributed by atoms with Crippen molar-refractivity contribution in [1.82, 2.24) is 19.9 Å². The number of aromatic nitrogens is 2. The number of rotatable bonds is 11. The second-order valence-electron chi connectivity index (χ2n) is 11.3. The average molecular weight is 676 g/mol. The third kappa shape index (κ3) is 7.13. The molecule has 4 aromatic rings. The van der Waals surface area contributed by atoms with Crippen molar-refractivity contribution in [2.75, 3.05) is 52.3 Å². The molecule has 1 amide bonds. The number of hydrazone groups is 1. The van der Waals surface area contributed by atoms with Crippen LogP contribution in [0, 0.1) is 13.8 Å². The van der Waals surface area contributed by atoms with Gasteiger partial charge in [0.15, 0.2) is 11.5 Å². The maximum absolute atomic E-state index is 14.2. The number of phenols is 1. The van der Waals surface area contributed by atoms with Gasteiger partial charge < -0.3 is 23.9 Å². The predicted octanol–water partition coefficient (Wildman–Crippen LogP) is 5.35. The number of hydrogen-bond acceptors (Lipinski definition) is 11. The number of carbonyl (C=O) groups is 1. The molecule has 13 heteroatoms. The number of pyridine rings is 2. The fraction of sp³-hybridized carbons (Fsp3) is 0.353. The van der Waals surface area contributed by atoms with E-state index in [1.807, 2.05) is 44.2 Å². The Morgan fingerprint density at radius 3 is 2.62 bits per heavy atom. The van der Waals surface area contributed by atoms with Crippen LogP contribution >= 0.6 is 21.6 Å². The number of phenolic OH excluding ortho intramolecular Hbond substituents is 1. The molecule has 3 heterocycles. The minimum atomic E-state index is -0.705. The number of carbonyl (C=O) groups excluding carboxylic acids is 1. The molecule has 246 valence electrons. The van der Waals surface area contributed by atoms with Crippen LogP contribution in [0.15, 0.2) is 63.6 Å². The van der Waals surface area contributed by atoms with E-state index in [2.05, 4.69) is 20.4 Å². The topological polar surface area (TPSA) is 128 Å². The van der Waals surface area contributed by atoms with Gasteiger partial charge in [0.05, 0.1) is 26.0 Å². The van der Waals surface area contributed by atoms with Gasteiger partial charge in [0.2, 0.25) is 0 Å². The van der Waals surface area contributed by atoms with Gasteiger partial charge in [-0.1, -0.05) is 22.9 Å². The number of ether oxygens (including phenoxy) is 3. The van der Waals surface area contributed by atoms with Gasteiger partial charge in [0, 0.05) is 60.2 Å². The van der Waals surface area contributed by atoms with Crippen molar-refractivity contribution in [2.24, 2.45) is 5.10 Å². The van der Waals surface area contributed by atoms with E-state index < -0.39 is 6.09 Å². The van der Waals surface area contributed by atoms with Gasteiger partial charge in [-0.05, 0) is 77.9 Å². The summed E-state index contributed by atoms with van der Waals surface area (Å²) < 4.78 is 18.2. The van der Waals surface area contributed by atoms with Crippen molar-refractivity contribution in [3.63, 3.8) is 0 Å². The first kappa shape index (κ1) is 32.9. The van der Waals surface area contributed by atoms with Gasteiger partial charge in [-0.3, -0.25) is 9.69 Å². The number of aromatic hydroxyl groups is 1. The molecule has 2 aromatic carbocycles. The molecule has 0 bridgehead atoms. The summed E-state index contributed by atoms with van der Waals surface area (Å²) in [5.41, 5.74) is 7.56. The summed E-state index contributed by atoms with van der Waals surface area (Å²) in [5, 5.41) is 17.5. The highest BCUT2D eigenvalue weighted by molar-refractivity contribution is 8.76. The molecule has 1 fully saturated rings. The van der Waals surface area contributed by atoms with E-state index in [0.29, 0.717) is 59.0 Å². The third-order valence-electron chi connectivity index (χ3n) is 8.35. The molecule has 0 spiro atoms. The maximum atomic E-state index is 14.2. The van der Waals surface area contributed by atoms with Crippen LogP contribution in [0.1, 0.15) is 28.7 Å². The van der Waals surface area contributed by atoms with Crippen LogP contribution in [-0.4, -0.2) is 83.7 Å². The van der Waals surface area contributed by atoms with Crippen LogP contribution < -0.4 is 15.7 Å². The predicted molar refractivity (Wildman–Crippen MR) is 186 cm³/mol. The minimum absolute atomic E-state index is 0.0747. The quantitative estimate of drug-likeness (QED) is 0.108. The standard InChI is InChI=1S/C34H37N5O6S2/c1-21-17-23-26(18-22(21)2)33(41)39(10-6-9-38-11-13-44-14-12-38)32-25-20-28(43-3)27(40)19-24(25)31(30(23)32)36-37-34(42)45-15-16-46-47-29-7-4-5-8-35-29/h4-5,7-8,17-20,40H,6,9-16H2,1-3H3,(H,37,42)/b36-31+. The fourth-order valence-corrected chi connectivity index (χ4v) is 7.60. The van der Waals surface area contributed by atoms with Gasteiger partial charge >= 0.3 is 6.09 Å². The summed E-state index contributed by atoms with van der Waals surface area (Å²) in [6, 6.07) is 12.9. The Hall–Kier alpha value is -4.04. The van der Waals surface area contributed by atoms with Crippen molar-refractivity contribution in [3.05, 3.63) is 81.3 Å². The second-order valence-corrected chi connectivity index (χ2v) is 13.8. The van der Waals surface area contributed by atoms with Crippen molar-refractivity contribution >= 4 is 44.2 Å². The Morgan fingerprint density at radius 1 is 1.09 bits per heavy atom. The van der Waals surface area contributed by atoms with Crippen LogP contribution in [0.3, 0.4) is 0 Å². The molecule has 0 saturated carbocycles. The van der Waals surface area contributed by atoms with Crippen molar-refractivity contribution in [3.8, 4) is 22.8 Å². The number of fused-ring (bicyclic) bond motifs is 5. The van der Waals surface area contributed by atoms with E-state index in [1.165, 1.54) is 28.7 Å². The molecule has 47 heavy (non-hydrogen) atoms. The molecule has 0 unspecified atom stereocenters. The molecule has 0 atom stereocenters. The zero-order chi connectivity index (χ0) is 32.9. The second kappa shape index (κ2) is 14.8. The lowest BCUT2D eigenvalue weighted by atomic mass is 9.97. The molecule has 0 radical (unpaired) electrons. The van der Waals surface area contributed by atoms with Crippen molar-refractivity contribution < 1.29 is 24.1 Å². The van der Waals surface area contributed by atoms with Crippen molar-refractivity contribution in [2.45, 2.75) is 31.8 Å². The molecular weight excluding hydrogens is 639 g/mol. The number of hydrogen-bond donors (Lipinski definition) is 2. The normalized spacial score (nSPS) is 15.1. The summed E-state index contributed by atoms with van der Waals surface area (Å²) >= 11 is 0. The van der Waals surface area contributed by atoms with Crippen LogP contribution in [0.5, 0.6) is 11.5 Å². The summed E-state index contributed by atoms with van der Waals surface area (Å²) in [4.78, 5) is 33.6. The molecule has 1 aliphatic carbocycles. The Morgan fingerprint density at radius 2 is 1.87 bits per heavy atom. The molecule has 1 saturated heterocycles. The van der Waals surface area contributed by atoms with E-state index >= 15 is 0 Å². The fourth-order valence-electron chi connectivity index (χ4n) is 5.89. The van der Waals surface area contributed by atoms with E-state index in [-0.39, 0.29) is 23.7 Å². The molecule has 6 rings (SSSR count). The Bertz CT molecular complexity index is 1880. The molecule has 11 nitrogen and oxygen atoms in total. The summed E-state index contributed by atoms with van der Waals surface area (Å²) in [6.07, 6.45) is 1.78. The van der Waals surface area contributed by atoms with Gasteiger partial charge in [-0.15, -0.1) is 0 Å². The number of benzene rings is 2. The number of nitrogens with one attached hydrogen (secondary N) is 1. The smallest absolute Gasteiger partial charge is 0.427 e. The highest BCUT2D eigenvalue weighted by Gasteiger charge is 2.33. The Balaban J connectivity index is 1.33. The van der Waals surface area contributed by atoms with Gasteiger partial charge in [-0.25, -0.2) is 15.2 Å². The highest BCUT2D eigenvalue weighted by atomic mass is 33.1. The summed E-state index contributed by atoms with van der Waals surface area (Å²) in [7, 11) is 4.53. The lowest BCUT2D eigenvalue weighted by molar-refractivity contribution is 0.0369. The average Bonchev–Trinajstić information content (AvgIpc) is 3.39. The highest BCUT2D eigenvalue weighted by Crippen LogP contribution is 2.44. The minimum Gasteiger partial charge on any atom is -0.504 e. The summed E-state index contributed by atoms with van der Waals surface area (Å²) in [5.74, 6) is 0.760. The summed E-state index contributed by atoms with van der Waals surface area (Å²) in [6.45, 7) is 8.61. The molecular formula is C34H37N5O6S2. The number of aryl methyl sites for hydroxylation is 2. The number of nitrogens with zero attached hydrogens (tertiary/aromatic N) is 4. The first-order chi connectivity index (χ1) is 22.9. The van der Waals surface area contributed by atoms with Gasteiger partial charge in [0.25, 0.3) is 5.56 Å². The number of morpholine rings is 1. The maximum Gasteiger partial charge on any atom is 0.427 e. The van der Waals surface area contributed by atoms with Gasteiger partial charge in [0.1, 0.15) is 17.3 Å². The zero-order valence-electron chi connectivity index (χ0n) is 26.6. The monoisotopic (exact) mass is 675 g/mol. The Labute approximate surface area is 280 Å². The largest absolute Gasteiger partial charge is 0.504 e. The van der Waals surface area contributed by atoms with E-state index in [0.717, 1.165) is 47.6 Å². The van der Waals surface area contributed by atoms with Crippen LogP contribution in [0.4, 0.5) is 4.79 Å². The first-order valence-electron chi connectivity index (χ1n) is 15.5. The number of amides is 1. The van der Waals surface area contributed by atoms with E-state index in [9.17, 15) is 14.7 Å². The van der Waals surface area contributed by atoms with Crippen molar-refractivity contribution in [1.29, 1.82) is 0 Å². The van der Waals surface area contributed by atoms with E-state index in [4.69, 9.17) is 14.2 Å². The molecule has 2 N–H and O–H groups in total. The molecule has 1 aliphatic heterocycles. The number of methoxy groups -OCH3 is 1. The Kier molecular flexibility index (Phi) is 10.4. The van der Waals surface area contributed by atoms with E-state index in [1.54, 1.807) is 22.9 Å². The van der Waals surface area contributed by atoms with Crippen LogP contribution in [0.25, 0.3) is 22.0 Å². The van der Waals surface area contributed by atoms with Gasteiger partial charge in [-0.2, -0.15) is 5.10 Å². The lowest BCUT2D eigenvalue weighted by Gasteiger charge is -2.26. The first-order valence-corrected chi connectivity index (χ1v) is 17.8. The third-order valence-corrected chi connectivity index (χ3v) is 10.6. The van der Waals surface area contributed by atoms with Crippen LogP contribution in [-0.2, 0) is 16.0 Å². The lowest BCUT2D eigenvalue weighted by Crippen LogP contribution is -2.37.